The van der Waals surface area contributed by atoms with Gasteiger partial charge in [-0.3, -0.25) is 4.79 Å². The van der Waals surface area contributed by atoms with Crippen LogP contribution in [0.1, 0.15) is 34.7 Å². The molecule has 0 unspecified atom stereocenters. The maximum Gasteiger partial charge on any atom is 0.309 e. The van der Waals surface area contributed by atoms with Crippen molar-refractivity contribution >= 4 is 5.97 Å². The first-order chi connectivity index (χ1) is 11.6. The summed E-state index contributed by atoms with van der Waals surface area (Å²) in [5, 5.41) is 9.60. The molecule has 0 saturated heterocycles. The van der Waals surface area contributed by atoms with E-state index in [1.165, 1.54) is 12.7 Å². The average Bonchev–Trinajstić information content (AvgIpc) is 2.60. The van der Waals surface area contributed by atoms with Gasteiger partial charge in [-0.25, -0.2) is 0 Å². The minimum absolute atomic E-state index is 0.0950. The SMILES string of the molecule is CCc1cc(C)ccc1OCc1c(CO)cccc1CC(=O)OC. The largest absolute Gasteiger partial charge is 0.489 e. The van der Waals surface area contributed by atoms with Crippen LogP contribution in [0.25, 0.3) is 0 Å². The van der Waals surface area contributed by atoms with Crippen LogP contribution in [0, 0.1) is 6.92 Å². The lowest BCUT2D eigenvalue weighted by molar-refractivity contribution is -0.139. The molecule has 4 nitrogen and oxygen atoms in total. The van der Waals surface area contributed by atoms with Crippen LogP contribution in [0.5, 0.6) is 5.75 Å². The summed E-state index contributed by atoms with van der Waals surface area (Å²) in [6.45, 7) is 4.35. The first-order valence-electron chi connectivity index (χ1n) is 8.08. The molecule has 0 aliphatic carbocycles. The topological polar surface area (TPSA) is 55.8 Å². The molecule has 0 aliphatic rings. The molecule has 0 bridgehead atoms. The maximum atomic E-state index is 11.6. The molecule has 0 amide bonds. The van der Waals surface area contributed by atoms with Crippen LogP contribution < -0.4 is 4.74 Å². The maximum absolute atomic E-state index is 11.6. The van der Waals surface area contributed by atoms with Gasteiger partial charge in [-0.1, -0.05) is 42.8 Å². The van der Waals surface area contributed by atoms with E-state index in [9.17, 15) is 9.90 Å². The highest BCUT2D eigenvalue weighted by molar-refractivity contribution is 5.73. The second-order valence-corrected chi connectivity index (χ2v) is 5.72. The zero-order valence-electron chi connectivity index (χ0n) is 14.5. The molecule has 2 aromatic carbocycles. The fraction of sp³-hybridized carbons (Fsp3) is 0.350. The van der Waals surface area contributed by atoms with Crippen molar-refractivity contribution in [1.29, 1.82) is 0 Å². The van der Waals surface area contributed by atoms with Crippen LogP contribution in [0.15, 0.2) is 36.4 Å². The Morgan fingerprint density at radius 1 is 1.12 bits per heavy atom. The summed E-state index contributed by atoms with van der Waals surface area (Å²) in [6.07, 6.45) is 1.05. The molecule has 2 rings (SSSR count). The molecule has 24 heavy (non-hydrogen) atoms. The number of carbonyl (C=O) groups excluding carboxylic acids is 1. The van der Waals surface area contributed by atoms with Crippen LogP contribution in [-0.2, 0) is 35.6 Å². The van der Waals surface area contributed by atoms with Crippen molar-refractivity contribution in [2.24, 2.45) is 0 Å². The van der Waals surface area contributed by atoms with E-state index in [4.69, 9.17) is 9.47 Å². The van der Waals surface area contributed by atoms with Gasteiger partial charge in [0.1, 0.15) is 12.4 Å². The lowest BCUT2D eigenvalue weighted by atomic mass is 9.99. The lowest BCUT2D eigenvalue weighted by Gasteiger charge is -2.16. The molecule has 128 valence electrons. The second-order valence-electron chi connectivity index (χ2n) is 5.72. The van der Waals surface area contributed by atoms with Crippen LogP contribution in [0.2, 0.25) is 0 Å². The molecule has 2 aromatic rings. The number of ether oxygens (including phenoxy) is 2. The van der Waals surface area contributed by atoms with Gasteiger partial charge in [-0.15, -0.1) is 0 Å². The van der Waals surface area contributed by atoms with Gasteiger partial charge in [0.2, 0.25) is 0 Å². The Hall–Kier alpha value is -2.33. The molecule has 0 fully saturated rings. The monoisotopic (exact) mass is 328 g/mol. The van der Waals surface area contributed by atoms with E-state index in [-0.39, 0.29) is 19.0 Å². The zero-order chi connectivity index (χ0) is 17.5. The quantitative estimate of drug-likeness (QED) is 0.792. The van der Waals surface area contributed by atoms with Gasteiger partial charge in [0.05, 0.1) is 20.1 Å². The number of hydrogen-bond acceptors (Lipinski definition) is 4. The number of aliphatic hydroxyl groups is 1. The van der Waals surface area contributed by atoms with Crippen molar-refractivity contribution < 1.29 is 19.4 Å². The molecule has 0 saturated carbocycles. The standard InChI is InChI=1S/C20H24O4/c1-4-15-10-14(2)8-9-19(15)24-13-18-16(11-20(22)23-3)6-5-7-17(18)12-21/h5-10,21H,4,11-13H2,1-3H3. The highest BCUT2D eigenvalue weighted by atomic mass is 16.5. The number of aliphatic hydroxyl groups excluding tert-OH is 1. The van der Waals surface area contributed by atoms with Crippen LogP contribution in [-0.4, -0.2) is 18.2 Å². The molecule has 4 heteroatoms. The van der Waals surface area contributed by atoms with Gasteiger partial charge >= 0.3 is 5.97 Å². The number of benzene rings is 2. The third-order valence-corrected chi connectivity index (χ3v) is 4.07. The van der Waals surface area contributed by atoms with Gasteiger partial charge < -0.3 is 14.6 Å². The zero-order valence-corrected chi connectivity index (χ0v) is 14.5. The van der Waals surface area contributed by atoms with Crippen LogP contribution >= 0.6 is 0 Å². The van der Waals surface area contributed by atoms with Crippen LogP contribution in [0.4, 0.5) is 0 Å². The predicted octanol–water partition coefficient (Wildman–Crippen LogP) is 3.34. The third kappa shape index (κ3) is 4.36. The van der Waals surface area contributed by atoms with E-state index in [2.05, 4.69) is 19.9 Å². The fourth-order valence-electron chi connectivity index (χ4n) is 2.69. The first-order valence-corrected chi connectivity index (χ1v) is 8.08. The van der Waals surface area contributed by atoms with Gasteiger partial charge in [0, 0.05) is 0 Å². The molecular formula is C20H24O4. The molecular weight excluding hydrogens is 304 g/mol. The molecule has 0 aromatic heterocycles. The summed E-state index contributed by atoms with van der Waals surface area (Å²) in [5.41, 5.74) is 4.76. The van der Waals surface area contributed by atoms with Gasteiger partial charge in [-0.2, -0.15) is 0 Å². The van der Waals surface area contributed by atoms with E-state index in [0.717, 1.165) is 34.4 Å². The van der Waals surface area contributed by atoms with Gasteiger partial charge in [-0.05, 0) is 41.7 Å². The first kappa shape index (κ1) is 18.0. The van der Waals surface area contributed by atoms with Crippen molar-refractivity contribution in [3.05, 3.63) is 64.2 Å². The van der Waals surface area contributed by atoms with Crippen molar-refractivity contribution in [2.45, 2.75) is 39.9 Å². The minimum atomic E-state index is -0.309. The van der Waals surface area contributed by atoms with Crippen LogP contribution in [0.3, 0.4) is 0 Å². The number of aryl methyl sites for hydroxylation is 2. The summed E-state index contributed by atoms with van der Waals surface area (Å²) in [7, 11) is 1.37. The highest BCUT2D eigenvalue weighted by Gasteiger charge is 2.13. The molecule has 0 aliphatic heterocycles. The van der Waals surface area contributed by atoms with E-state index in [1.807, 2.05) is 30.3 Å². The summed E-state index contributed by atoms with van der Waals surface area (Å²) in [5.74, 6) is 0.524. The average molecular weight is 328 g/mol. The summed E-state index contributed by atoms with van der Waals surface area (Å²) in [6, 6.07) is 11.6. The van der Waals surface area contributed by atoms with Crippen molar-refractivity contribution in [1.82, 2.24) is 0 Å². The Morgan fingerprint density at radius 2 is 1.88 bits per heavy atom. The van der Waals surface area contributed by atoms with Gasteiger partial charge in [0.15, 0.2) is 0 Å². The molecule has 1 N–H and O–H groups in total. The van der Waals surface area contributed by atoms with E-state index in [1.54, 1.807) is 0 Å². The molecule has 0 radical (unpaired) electrons. The number of hydrogen-bond donors (Lipinski definition) is 1. The summed E-state index contributed by atoms with van der Waals surface area (Å²) >= 11 is 0. The Bertz CT molecular complexity index is 707. The summed E-state index contributed by atoms with van der Waals surface area (Å²) in [4.78, 5) is 11.6. The molecule has 0 heterocycles. The number of methoxy groups -OCH3 is 1. The van der Waals surface area contributed by atoms with E-state index < -0.39 is 0 Å². The van der Waals surface area contributed by atoms with Crippen molar-refractivity contribution in [3.63, 3.8) is 0 Å². The van der Waals surface area contributed by atoms with E-state index >= 15 is 0 Å². The predicted molar refractivity (Wildman–Crippen MR) is 93.0 cm³/mol. The third-order valence-electron chi connectivity index (χ3n) is 4.07. The van der Waals surface area contributed by atoms with Crippen molar-refractivity contribution in [3.8, 4) is 5.75 Å². The normalized spacial score (nSPS) is 10.5. The molecule has 0 spiro atoms. The number of carbonyl (C=O) groups is 1. The lowest BCUT2D eigenvalue weighted by Crippen LogP contribution is -2.11. The minimum Gasteiger partial charge on any atom is -0.489 e. The van der Waals surface area contributed by atoms with Crippen molar-refractivity contribution in [2.75, 3.05) is 7.11 Å². The fourth-order valence-corrected chi connectivity index (χ4v) is 2.69. The Labute approximate surface area is 143 Å². The Balaban J connectivity index is 2.26. The highest BCUT2D eigenvalue weighted by Crippen LogP contribution is 2.24. The Morgan fingerprint density at radius 3 is 2.54 bits per heavy atom. The van der Waals surface area contributed by atoms with Gasteiger partial charge in [0.25, 0.3) is 0 Å². The number of rotatable bonds is 7. The Kier molecular flexibility index (Phi) is 6.38. The second kappa shape index (κ2) is 8.50. The molecule has 0 atom stereocenters. The number of esters is 1. The summed E-state index contributed by atoms with van der Waals surface area (Å²) < 4.78 is 10.8. The smallest absolute Gasteiger partial charge is 0.309 e. The van der Waals surface area contributed by atoms with E-state index in [0.29, 0.717) is 6.61 Å².